The standard InChI is InChI=1S/C23H38N6/c1-19(2)27-14-8-20(9-15-27)26(4)23(22(18-24)25-3)29-16-10-21(11-17-29)28-12-6-5-7-13-28/h19-21H,5-17H2,1-2,4H3/b23-22+. The first kappa shape index (κ1) is 21.9. The van der Waals surface area contributed by atoms with Gasteiger partial charge in [-0.25, -0.2) is 10.1 Å². The van der Waals surface area contributed by atoms with E-state index < -0.39 is 0 Å². The number of nitriles is 1. The van der Waals surface area contributed by atoms with E-state index in [1.54, 1.807) is 0 Å². The third kappa shape index (κ3) is 5.24. The molecule has 29 heavy (non-hydrogen) atoms. The van der Waals surface area contributed by atoms with E-state index in [4.69, 9.17) is 6.57 Å². The molecular weight excluding hydrogens is 360 g/mol. The molecule has 0 aliphatic carbocycles. The van der Waals surface area contributed by atoms with E-state index in [0.717, 1.165) is 57.7 Å². The summed E-state index contributed by atoms with van der Waals surface area (Å²) >= 11 is 0. The van der Waals surface area contributed by atoms with E-state index in [1.165, 1.54) is 32.4 Å². The molecule has 0 amide bonds. The van der Waals surface area contributed by atoms with E-state index in [0.29, 0.717) is 18.1 Å². The summed E-state index contributed by atoms with van der Waals surface area (Å²) in [6.45, 7) is 18.7. The van der Waals surface area contributed by atoms with E-state index in [1.807, 2.05) is 0 Å². The van der Waals surface area contributed by atoms with Gasteiger partial charge < -0.3 is 19.6 Å². The van der Waals surface area contributed by atoms with Gasteiger partial charge in [-0.2, -0.15) is 0 Å². The van der Waals surface area contributed by atoms with Crippen molar-refractivity contribution in [3.05, 3.63) is 22.9 Å². The molecule has 0 N–H and O–H groups in total. The molecule has 0 radical (unpaired) electrons. The Morgan fingerprint density at radius 2 is 1.62 bits per heavy atom. The quantitative estimate of drug-likeness (QED) is 0.525. The number of piperidine rings is 3. The van der Waals surface area contributed by atoms with Crippen LogP contribution in [0.2, 0.25) is 0 Å². The van der Waals surface area contributed by atoms with Crippen LogP contribution in [-0.2, 0) is 0 Å². The minimum Gasteiger partial charge on any atom is -0.366 e. The summed E-state index contributed by atoms with van der Waals surface area (Å²) in [5, 5.41) is 9.65. The Balaban J connectivity index is 1.67. The maximum atomic E-state index is 9.65. The zero-order valence-corrected chi connectivity index (χ0v) is 18.6. The lowest BCUT2D eigenvalue weighted by Crippen LogP contribution is -2.51. The summed E-state index contributed by atoms with van der Waals surface area (Å²) in [5.41, 5.74) is 0.259. The van der Waals surface area contributed by atoms with Crippen LogP contribution in [0.25, 0.3) is 4.85 Å². The van der Waals surface area contributed by atoms with Gasteiger partial charge in [0.2, 0.25) is 0 Å². The van der Waals surface area contributed by atoms with Crippen LogP contribution >= 0.6 is 0 Å². The molecule has 160 valence electrons. The topological polar surface area (TPSA) is 41.1 Å². The fraction of sp³-hybridized carbons (Fsp3) is 0.826. The van der Waals surface area contributed by atoms with Crippen molar-refractivity contribution >= 4 is 0 Å². The Bertz CT molecular complexity index is 619. The lowest BCUT2D eigenvalue weighted by molar-refractivity contribution is 0.0712. The summed E-state index contributed by atoms with van der Waals surface area (Å²) in [6.07, 6.45) is 8.51. The van der Waals surface area contributed by atoms with Crippen LogP contribution in [0.5, 0.6) is 0 Å². The van der Waals surface area contributed by atoms with Crippen molar-refractivity contribution in [2.75, 3.05) is 46.3 Å². The van der Waals surface area contributed by atoms with E-state index in [2.05, 4.69) is 51.4 Å². The maximum absolute atomic E-state index is 9.65. The third-order valence-corrected chi connectivity index (χ3v) is 7.21. The van der Waals surface area contributed by atoms with Gasteiger partial charge in [0.1, 0.15) is 5.82 Å². The molecule has 0 aromatic rings. The summed E-state index contributed by atoms with van der Waals surface area (Å²) in [6, 6.07) is 3.86. The van der Waals surface area contributed by atoms with Gasteiger partial charge in [-0.1, -0.05) is 6.42 Å². The Morgan fingerprint density at radius 1 is 1.00 bits per heavy atom. The summed E-state index contributed by atoms with van der Waals surface area (Å²) in [4.78, 5) is 13.4. The second-order valence-electron chi connectivity index (χ2n) is 9.18. The monoisotopic (exact) mass is 398 g/mol. The van der Waals surface area contributed by atoms with Crippen LogP contribution in [0, 0.1) is 17.9 Å². The number of hydrogen-bond donors (Lipinski definition) is 0. The zero-order valence-electron chi connectivity index (χ0n) is 18.6. The molecule has 3 saturated heterocycles. The van der Waals surface area contributed by atoms with Crippen LogP contribution in [0.4, 0.5) is 0 Å². The minimum absolute atomic E-state index is 0.259. The van der Waals surface area contributed by atoms with E-state index in [9.17, 15) is 5.26 Å². The normalized spacial score (nSPS) is 24.1. The molecule has 6 heteroatoms. The lowest BCUT2D eigenvalue weighted by atomic mass is 9.99. The molecule has 0 spiro atoms. The highest BCUT2D eigenvalue weighted by molar-refractivity contribution is 5.32. The first-order valence-corrected chi connectivity index (χ1v) is 11.5. The molecule has 0 saturated carbocycles. The van der Waals surface area contributed by atoms with E-state index in [-0.39, 0.29) is 5.70 Å². The van der Waals surface area contributed by atoms with Gasteiger partial charge >= 0.3 is 5.70 Å². The number of hydrogen-bond acceptors (Lipinski definition) is 5. The molecule has 3 aliphatic heterocycles. The van der Waals surface area contributed by atoms with Gasteiger partial charge in [-0.05, 0) is 65.5 Å². The van der Waals surface area contributed by atoms with E-state index >= 15 is 0 Å². The first-order valence-electron chi connectivity index (χ1n) is 11.5. The molecule has 0 atom stereocenters. The largest absolute Gasteiger partial charge is 0.366 e. The predicted octanol–water partition coefficient (Wildman–Crippen LogP) is 3.35. The van der Waals surface area contributed by atoms with Crippen LogP contribution in [0.15, 0.2) is 11.5 Å². The van der Waals surface area contributed by atoms with Crippen molar-refractivity contribution in [2.24, 2.45) is 0 Å². The molecule has 6 nitrogen and oxygen atoms in total. The smallest absolute Gasteiger partial charge is 0.300 e. The highest BCUT2D eigenvalue weighted by atomic mass is 15.4. The molecular formula is C23H38N6. The average molecular weight is 399 g/mol. The minimum atomic E-state index is 0.259. The average Bonchev–Trinajstić information content (AvgIpc) is 2.78. The highest BCUT2D eigenvalue weighted by Crippen LogP contribution is 2.28. The Labute approximate surface area is 177 Å². The SMILES string of the molecule is [C-]#[N+]/C(C#N)=C(/N1CCC(N2CCCCC2)CC1)N(C)C1CCN(C(C)C)CC1. The van der Waals surface area contributed by atoms with Crippen molar-refractivity contribution < 1.29 is 0 Å². The Hall–Kier alpha value is -1.76. The molecule has 3 heterocycles. The number of rotatable bonds is 5. The van der Waals surface area contributed by atoms with Crippen LogP contribution in [-0.4, -0.2) is 84.0 Å². The maximum Gasteiger partial charge on any atom is 0.300 e. The van der Waals surface area contributed by atoms with Crippen LogP contribution in [0.1, 0.15) is 58.8 Å². The molecule has 3 fully saturated rings. The zero-order chi connectivity index (χ0) is 20.8. The van der Waals surface area contributed by atoms with Gasteiger partial charge in [-0.3, -0.25) is 0 Å². The summed E-state index contributed by atoms with van der Waals surface area (Å²) < 4.78 is 0. The van der Waals surface area contributed by atoms with Crippen molar-refractivity contribution in [3.8, 4) is 6.07 Å². The first-order chi connectivity index (χ1) is 14.0. The van der Waals surface area contributed by atoms with Gasteiger partial charge in [0.15, 0.2) is 0 Å². The Kier molecular flexibility index (Phi) is 7.81. The molecule has 0 aromatic carbocycles. The third-order valence-electron chi connectivity index (χ3n) is 7.21. The summed E-state index contributed by atoms with van der Waals surface area (Å²) in [5.74, 6) is 0.877. The Morgan fingerprint density at radius 3 is 2.14 bits per heavy atom. The second-order valence-corrected chi connectivity index (χ2v) is 9.18. The van der Waals surface area contributed by atoms with Gasteiger partial charge in [0.05, 0.1) is 12.6 Å². The predicted molar refractivity (Wildman–Crippen MR) is 117 cm³/mol. The van der Waals surface area contributed by atoms with Crippen LogP contribution in [0.3, 0.4) is 0 Å². The fourth-order valence-corrected chi connectivity index (χ4v) is 5.35. The van der Waals surface area contributed by atoms with Gasteiger partial charge in [0.25, 0.3) is 0 Å². The molecule has 3 rings (SSSR count). The van der Waals surface area contributed by atoms with Gasteiger partial charge in [-0.15, -0.1) is 0 Å². The molecule has 3 aliphatic rings. The van der Waals surface area contributed by atoms with Crippen molar-refractivity contribution in [2.45, 2.75) is 76.9 Å². The van der Waals surface area contributed by atoms with Crippen molar-refractivity contribution in [3.63, 3.8) is 0 Å². The number of likely N-dealkylation sites (tertiary alicyclic amines) is 3. The van der Waals surface area contributed by atoms with Crippen LogP contribution < -0.4 is 0 Å². The number of nitrogens with zero attached hydrogens (tertiary/aromatic N) is 6. The summed E-state index contributed by atoms with van der Waals surface area (Å²) in [7, 11) is 2.10. The molecule has 0 unspecified atom stereocenters. The van der Waals surface area contributed by atoms with Gasteiger partial charge in [0, 0.05) is 51.4 Å². The van der Waals surface area contributed by atoms with Crippen molar-refractivity contribution in [1.29, 1.82) is 5.26 Å². The molecule has 0 bridgehead atoms. The number of allylic oxidation sites excluding steroid dienone is 1. The highest BCUT2D eigenvalue weighted by Gasteiger charge is 2.32. The second kappa shape index (κ2) is 10.3. The fourth-order valence-electron chi connectivity index (χ4n) is 5.35. The van der Waals surface area contributed by atoms with Crippen molar-refractivity contribution in [1.82, 2.24) is 19.6 Å². The molecule has 0 aromatic heterocycles. The lowest BCUT2D eigenvalue weighted by Gasteiger charge is -2.46.